The van der Waals surface area contributed by atoms with Gasteiger partial charge < -0.3 is 14.8 Å². The molecule has 0 aliphatic carbocycles. The molecule has 0 bridgehead atoms. The van der Waals surface area contributed by atoms with Crippen molar-refractivity contribution in [1.82, 2.24) is 10.7 Å². The highest BCUT2D eigenvalue weighted by Gasteiger charge is 2.08. The Hall–Kier alpha value is -4.13. The zero-order valence-electron chi connectivity index (χ0n) is 17.8. The monoisotopic (exact) mass is 431 g/mol. The number of para-hydroxylation sites is 1. The van der Waals surface area contributed by atoms with Crippen LogP contribution in [0.1, 0.15) is 29.3 Å². The van der Waals surface area contributed by atoms with Gasteiger partial charge in [-0.3, -0.25) is 9.59 Å². The van der Waals surface area contributed by atoms with Crippen LogP contribution in [0.2, 0.25) is 0 Å². The Bertz CT molecular complexity index is 1050. The van der Waals surface area contributed by atoms with Crippen LogP contribution >= 0.6 is 0 Å². The molecule has 0 saturated heterocycles. The van der Waals surface area contributed by atoms with Crippen LogP contribution in [-0.2, 0) is 4.79 Å². The average molecular weight is 431 g/mol. The fourth-order valence-electron chi connectivity index (χ4n) is 2.69. The number of amides is 2. The molecule has 0 aliphatic rings. The van der Waals surface area contributed by atoms with Gasteiger partial charge in [-0.25, -0.2) is 5.43 Å². The first-order chi connectivity index (χ1) is 15.6. The van der Waals surface area contributed by atoms with E-state index in [0.29, 0.717) is 23.7 Å². The lowest BCUT2D eigenvalue weighted by Gasteiger charge is -2.07. The van der Waals surface area contributed by atoms with Gasteiger partial charge in [0.2, 0.25) is 0 Å². The molecule has 32 heavy (non-hydrogen) atoms. The Morgan fingerprint density at radius 3 is 2.41 bits per heavy atom. The van der Waals surface area contributed by atoms with Crippen LogP contribution < -0.4 is 20.2 Å². The highest BCUT2D eigenvalue weighted by molar-refractivity contribution is 5.96. The molecule has 0 heterocycles. The molecular weight excluding hydrogens is 406 g/mol. The Morgan fingerprint density at radius 2 is 1.66 bits per heavy atom. The van der Waals surface area contributed by atoms with Crippen LogP contribution in [-0.4, -0.2) is 31.2 Å². The summed E-state index contributed by atoms with van der Waals surface area (Å²) in [6.45, 7) is 2.45. The largest absolute Gasteiger partial charge is 0.494 e. The summed E-state index contributed by atoms with van der Waals surface area (Å²) in [7, 11) is 0. The van der Waals surface area contributed by atoms with Crippen LogP contribution in [0.5, 0.6) is 17.2 Å². The maximum Gasteiger partial charge on any atom is 0.259 e. The minimum atomic E-state index is -0.436. The summed E-state index contributed by atoms with van der Waals surface area (Å²) in [6, 6.07) is 23.5. The summed E-state index contributed by atoms with van der Waals surface area (Å²) in [4.78, 5) is 24.1. The van der Waals surface area contributed by atoms with Gasteiger partial charge >= 0.3 is 0 Å². The topological polar surface area (TPSA) is 89.0 Å². The van der Waals surface area contributed by atoms with Gasteiger partial charge in [0, 0.05) is 5.56 Å². The Morgan fingerprint density at radius 1 is 0.906 bits per heavy atom. The van der Waals surface area contributed by atoms with Crippen molar-refractivity contribution in [2.45, 2.75) is 13.3 Å². The van der Waals surface area contributed by atoms with Gasteiger partial charge in [0.25, 0.3) is 11.8 Å². The van der Waals surface area contributed by atoms with E-state index in [1.807, 2.05) is 55.5 Å². The number of hydrazone groups is 1. The van der Waals surface area contributed by atoms with Gasteiger partial charge in [0.1, 0.15) is 17.2 Å². The second kappa shape index (κ2) is 11.9. The Kier molecular flexibility index (Phi) is 8.39. The number of carbonyl (C=O) groups is 2. The molecule has 3 aromatic rings. The highest BCUT2D eigenvalue weighted by Crippen LogP contribution is 2.21. The molecule has 0 saturated carbocycles. The van der Waals surface area contributed by atoms with E-state index in [9.17, 15) is 9.59 Å². The summed E-state index contributed by atoms with van der Waals surface area (Å²) in [5.41, 5.74) is 3.60. The van der Waals surface area contributed by atoms with Gasteiger partial charge in [-0.15, -0.1) is 0 Å². The Labute approximate surface area is 187 Å². The fourth-order valence-corrected chi connectivity index (χ4v) is 2.69. The van der Waals surface area contributed by atoms with E-state index in [2.05, 4.69) is 15.8 Å². The molecule has 0 radical (unpaired) electrons. The van der Waals surface area contributed by atoms with Crippen molar-refractivity contribution in [3.63, 3.8) is 0 Å². The highest BCUT2D eigenvalue weighted by atomic mass is 16.5. The summed E-state index contributed by atoms with van der Waals surface area (Å²) in [5.74, 6) is 1.30. The van der Waals surface area contributed by atoms with Crippen molar-refractivity contribution in [3.05, 3.63) is 90.0 Å². The number of hydrogen-bond acceptors (Lipinski definition) is 5. The van der Waals surface area contributed by atoms with Crippen LogP contribution in [0.4, 0.5) is 0 Å². The molecule has 7 heteroatoms. The van der Waals surface area contributed by atoms with Crippen molar-refractivity contribution >= 4 is 18.0 Å². The third-order valence-corrected chi connectivity index (χ3v) is 4.24. The van der Waals surface area contributed by atoms with E-state index >= 15 is 0 Å². The molecule has 0 aromatic heterocycles. The van der Waals surface area contributed by atoms with Crippen LogP contribution in [0.25, 0.3) is 0 Å². The number of nitrogens with zero attached hydrogens (tertiary/aromatic N) is 1. The van der Waals surface area contributed by atoms with Crippen molar-refractivity contribution in [2.75, 3.05) is 13.2 Å². The molecule has 0 spiro atoms. The summed E-state index contributed by atoms with van der Waals surface area (Å²) in [6.07, 6.45) is 2.42. The molecular formula is C25H25N3O4. The molecule has 2 amide bonds. The molecule has 164 valence electrons. The maximum absolute atomic E-state index is 12.2. The van der Waals surface area contributed by atoms with Gasteiger partial charge in [-0.2, -0.15) is 5.10 Å². The average Bonchev–Trinajstić information content (AvgIpc) is 2.82. The van der Waals surface area contributed by atoms with Gasteiger partial charge in [-0.1, -0.05) is 37.3 Å². The number of rotatable bonds is 10. The van der Waals surface area contributed by atoms with Crippen molar-refractivity contribution < 1.29 is 19.1 Å². The Balaban J connectivity index is 1.44. The zero-order chi connectivity index (χ0) is 22.6. The third kappa shape index (κ3) is 7.28. The predicted molar refractivity (Wildman–Crippen MR) is 123 cm³/mol. The lowest BCUT2D eigenvalue weighted by Crippen LogP contribution is -2.34. The minimum absolute atomic E-state index is 0.193. The maximum atomic E-state index is 12.2. The number of nitrogens with one attached hydrogen (secondary N) is 2. The molecule has 0 fully saturated rings. The quantitative estimate of drug-likeness (QED) is 0.373. The van der Waals surface area contributed by atoms with Crippen molar-refractivity contribution in [1.29, 1.82) is 0 Å². The van der Waals surface area contributed by atoms with E-state index in [1.165, 1.54) is 6.21 Å². The fraction of sp³-hybridized carbons (Fsp3) is 0.160. The van der Waals surface area contributed by atoms with E-state index in [1.54, 1.807) is 30.3 Å². The SMILES string of the molecule is CCCOc1ccc(C(=O)NCC(=O)N/N=C/c2cccc(Oc3ccccc3)c2)cc1. The minimum Gasteiger partial charge on any atom is -0.494 e. The van der Waals surface area contributed by atoms with E-state index in [-0.39, 0.29) is 12.5 Å². The predicted octanol–water partition coefficient (Wildman–Crippen LogP) is 4.15. The second-order valence-corrected chi connectivity index (χ2v) is 6.84. The van der Waals surface area contributed by atoms with E-state index in [0.717, 1.165) is 17.7 Å². The van der Waals surface area contributed by atoms with E-state index in [4.69, 9.17) is 9.47 Å². The summed E-state index contributed by atoms with van der Waals surface area (Å²) < 4.78 is 11.3. The van der Waals surface area contributed by atoms with Crippen LogP contribution in [0.15, 0.2) is 84.0 Å². The summed E-state index contributed by atoms with van der Waals surface area (Å²) in [5, 5.41) is 6.49. The number of ether oxygens (including phenoxy) is 2. The number of benzene rings is 3. The van der Waals surface area contributed by atoms with Crippen molar-refractivity contribution in [3.8, 4) is 17.2 Å². The molecule has 3 rings (SSSR count). The molecule has 0 atom stereocenters. The van der Waals surface area contributed by atoms with Gasteiger partial charge in [0.05, 0.1) is 19.4 Å². The summed E-state index contributed by atoms with van der Waals surface area (Å²) >= 11 is 0. The lowest BCUT2D eigenvalue weighted by atomic mass is 10.2. The number of carbonyl (C=O) groups excluding carboxylic acids is 2. The normalized spacial score (nSPS) is 10.5. The van der Waals surface area contributed by atoms with Crippen LogP contribution in [0, 0.1) is 0 Å². The first-order valence-corrected chi connectivity index (χ1v) is 10.3. The van der Waals surface area contributed by atoms with Crippen molar-refractivity contribution in [2.24, 2.45) is 5.10 Å². The zero-order valence-corrected chi connectivity index (χ0v) is 17.8. The van der Waals surface area contributed by atoms with Gasteiger partial charge in [0.15, 0.2) is 0 Å². The molecule has 0 aliphatic heterocycles. The standard InChI is InChI=1S/C25H25N3O4/c1-2-15-31-21-13-11-20(12-14-21)25(30)26-18-24(29)28-27-17-19-7-6-10-23(16-19)32-22-8-4-3-5-9-22/h3-14,16-17H,2,15,18H2,1H3,(H,26,30)(H,28,29)/b27-17+. The van der Waals surface area contributed by atoms with Gasteiger partial charge in [-0.05, 0) is 60.5 Å². The first-order valence-electron chi connectivity index (χ1n) is 10.3. The van der Waals surface area contributed by atoms with Crippen LogP contribution in [0.3, 0.4) is 0 Å². The molecule has 2 N–H and O–H groups in total. The molecule has 7 nitrogen and oxygen atoms in total. The number of hydrogen-bond donors (Lipinski definition) is 2. The first kappa shape index (κ1) is 22.6. The van der Waals surface area contributed by atoms with E-state index < -0.39 is 5.91 Å². The molecule has 0 unspecified atom stereocenters. The third-order valence-electron chi connectivity index (χ3n) is 4.24. The smallest absolute Gasteiger partial charge is 0.259 e. The molecule has 3 aromatic carbocycles. The second-order valence-electron chi connectivity index (χ2n) is 6.84. The lowest BCUT2D eigenvalue weighted by molar-refractivity contribution is -0.120.